The summed E-state index contributed by atoms with van der Waals surface area (Å²) >= 11 is 5.87. The van der Waals surface area contributed by atoms with Crippen molar-refractivity contribution in [1.29, 1.82) is 0 Å². The standard InChI is InChI=1S/C26H28ClNO5.ClH/c1-2-14-33-25-16-20(7-12-23(25)26(30)31)18-5-10-22(11-6-18)32-15-13-28-17-24(29)19-3-8-21(27)9-4-19;/h3-12,16,24,28-29H,2,13-15,17H2,1H3,(H,30,31);1H/t24-;/m1./s1. The average Bonchev–Trinajstić information content (AvgIpc) is 2.83. The number of hydrogen-bond acceptors (Lipinski definition) is 5. The van der Waals surface area contributed by atoms with Crippen molar-refractivity contribution in [1.82, 2.24) is 5.32 Å². The van der Waals surface area contributed by atoms with E-state index in [2.05, 4.69) is 5.32 Å². The highest BCUT2D eigenvalue weighted by Gasteiger charge is 2.13. The van der Waals surface area contributed by atoms with Gasteiger partial charge in [-0.1, -0.05) is 48.9 Å². The lowest BCUT2D eigenvalue weighted by Crippen LogP contribution is -2.26. The molecule has 0 saturated heterocycles. The fourth-order valence-corrected chi connectivity index (χ4v) is 3.36. The highest BCUT2D eigenvalue weighted by atomic mass is 35.5. The minimum absolute atomic E-state index is 0. The number of carboxylic acid groups (broad SMARTS) is 1. The quantitative estimate of drug-likeness (QED) is 0.277. The number of carboxylic acids is 1. The second-order valence-electron chi connectivity index (χ2n) is 7.51. The van der Waals surface area contributed by atoms with E-state index < -0.39 is 12.1 Å². The van der Waals surface area contributed by atoms with Crippen molar-refractivity contribution in [2.45, 2.75) is 19.4 Å². The molecule has 0 heterocycles. The van der Waals surface area contributed by atoms with Crippen LogP contribution in [0.25, 0.3) is 11.1 Å². The minimum atomic E-state index is -1.01. The summed E-state index contributed by atoms with van der Waals surface area (Å²) in [6.45, 7) is 3.89. The Bertz CT molecular complexity index is 1040. The zero-order valence-electron chi connectivity index (χ0n) is 18.9. The third kappa shape index (κ3) is 7.92. The lowest BCUT2D eigenvalue weighted by molar-refractivity contribution is 0.0692. The Kier molecular flexibility index (Phi) is 11.2. The monoisotopic (exact) mass is 505 g/mol. The molecule has 0 saturated carbocycles. The molecular formula is C26H29Cl2NO5. The number of carbonyl (C=O) groups is 1. The lowest BCUT2D eigenvalue weighted by Gasteiger charge is -2.13. The minimum Gasteiger partial charge on any atom is -0.493 e. The zero-order valence-corrected chi connectivity index (χ0v) is 20.4. The molecule has 34 heavy (non-hydrogen) atoms. The molecule has 0 unspecified atom stereocenters. The van der Waals surface area contributed by atoms with Crippen molar-refractivity contribution in [3.05, 3.63) is 82.9 Å². The number of aliphatic hydroxyl groups is 1. The van der Waals surface area contributed by atoms with Gasteiger partial charge in [-0.05, 0) is 59.5 Å². The maximum Gasteiger partial charge on any atom is 0.339 e. The van der Waals surface area contributed by atoms with E-state index in [1.165, 1.54) is 0 Å². The Hall–Kier alpha value is -2.77. The molecule has 0 fully saturated rings. The highest BCUT2D eigenvalue weighted by molar-refractivity contribution is 6.30. The predicted molar refractivity (Wildman–Crippen MR) is 137 cm³/mol. The molecule has 3 N–H and O–H groups in total. The molecule has 1 atom stereocenters. The van der Waals surface area contributed by atoms with Gasteiger partial charge in [0.05, 0.1) is 12.7 Å². The van der Waals surface area contributed by atoms with Gasteiger partial charge in [-0.25, -0.2) is 4.79 Å². The molecule has 6 nitrogen and oxygen atoms in total. The van der Waals surface area contributed by atoms with Crippen LogP contribution in [-0.2, 0) is 0 Å². The molecule has 0 radical (unpaired) electrons. The molecule has 0 aliphatic heterocycles. The summed E-state index contributed by atoms with van der Waals surface area (Å²) < 4.78 is 11.4. The van der Waals surface area contributed by atoms with Crippen molar-refractivity contribution in [2.75, 3.05) is 26.3 Å². The average molecular weight is 506 g/mol. The summed E-state index contributed by atoms with van der Waals surface area (Å²) in [5.41, 5.74) is 2.77. The lowest BCUT2D eigenvalue weighted by atomic mass is 10.0. The largest absolute Gasteiger partial charge is 0.493 e. The number of nitrogens with one attached hydrogen (secondary N) is 1. The molecule has 0 amide bonds. The van der Waals surface area contributed by atoms with Crippen LogP contribution in [0.5, 0.6) is 11.5 Å². The summed E-state index contributed by atoms with van der Waals surface area (Å²) in [6.07, 6.45) is 0.185. The van der Waals surface area contributed by atoms with Crippen molar-refractivity contribution in [3.63, 3.8) is 0 Å². The van der Waals surface area contributed by atoms with Crippen LogP contribution in [0.2, 0.25) is 5.02 Å². The third-order valence-electron chi connectivity index (χ3n) is 5.00. The smallest absolute Gasteiger partial charge is 0.339 e. The van der Waals surface area contributed by atoms with E-state index in [-0.39, 0.29) is 18.0 Å². The summed E-state index contributed by atoms with van der Waals surface area (Å²) in [6, 6.07) is 19.8. The first kappa shape index (κ1) is 27.5. The van der Waals surface area contributed by atoms with Gasteiger partial charge in [-0.15, -0.1) is 12.4 Å². The molecule has 0 aromatic heterocycles. The first-order chi connectivity index (χ1) is 16.0. The number of rotatable bonds is 12. The molecule has 0 aliphatic carbocycles. The van der Waals surface area contributed by atoms with Crippen LogP contribution in [0.3, 0.4) is 0 Å². The molecule has 0 aliphatic rings. The normalized spacial score (nSPS) is 11.4. The first-order valence-electron chi connectivity index (χ1n) is 10.9. The van der Waals surface area contributed by atoms with Crippen LogP contribution in [0.1, 0.15) is 35.4 Å². The number of aromatic carboxylic acids is 1. The molecule has 182 valence electrons. The molecule has 3 rings (SSSR count). The zero-order chi connectivity index (χ0) is 23.6. The van der Waals surface area contributed by atoms with Crippen molar-refractivity contribution in [3.8, 4) is 22.6 Å². The van der Waals surface area contributed by atoms with E-state index in [1.807, 2.05) is 31.2 Å². The first-order valence-corrected chi connectivity index (χ1v) is 11.2. The van der Waals surface area contributed by atoms with Crippen LogP contribution >= 0.6 is 24.0 Å². The van der Waals surface area contributed by atoms with Gasteiger partial charge in [0.2, 0.25) is 0 Å². The second-order valence-corrected chi connectivity index (χ2v) is 7.95. The maximum atomic E-state index is 11.4. The number of aliphatic hydroxyl groups excluding tert-OH is 1. The second kappa shape index (κ2) is 13.8. The van der Waals surface area contributed by atoms with Gasteiger partial charge >= 0.3 is 5.97 Å². The van der Waals surface area contributed by atoms with Crippen molar-refractivity contribution >= 4 is 30.0 Å². The molecule has 3 aromatic rings. The van der Waals surface area contributed by atoms with Crippen LogP contribution in [-0.4, -0.2) is 42.5 Å². The van der Waals surface area contributed by atoms with Crippen LogP contribution in [0.15, 0.2) is 66.7 Å². The van der Waals surface area contributed by atoms with Crippen molar-refractivity contribution < 1.29 is 24.5 Å². The topological polar surface area (TPSA) is 88.0 Å². The number of benzene rings is 3. The Morgan fingerprint density at radius 3 is 2.29 bits per heavy atom. The van der Waals surface area contributed by atoms with Gasteiger partial charge < -0.3 is 25.0 Å². The number of hydrogen-bond donors (Lipinski definition) is 3. The number of ether oxygens (including phenoxy) is 2. The summed E-state index contributed by atoms with van der Waals surface area (Å²) in [4.78, 5) is 11.4. The van der Waals surface area contributed by atoms with Gasteiger partial charge in [0.15, 0.2) is 0 Å². The van der Waals surface area contributed by atoms with Crippen LogP contribution < -0.4 is 14.8 Å². The van der Waals surface area contributed by atoms with Gasteiger partial charge in [-0.3, -0.25) is 0 Å². The van der Waals surface area contributed by atoms with Gasteiger partial charge in [0, 0.05) is 18.1 Å². The Labute approximate surface area is 210 Å². The Balaban J connectivity index is 0.00000408. The van der Waals surface area contributed by atoms with E-state index in [4.69, 9.17) is 21.1 Å². The third-order valence-corrected chi connectivity index (χ3v) is 5.25. The van der Waals surface area contributed by atoms with Gasteiger partial charge in [-0.2, -0.15) is 0 Å². The molecule has 8 heteroatoms. The van der Waals surface area contributed by atoms with E-state index in [0.717, 1.165) is 28.9 Å². The van der Waals surface area contributed by atoms with Gasteiger partial charge in [0.1, 0.15) is 23.7 Å². The Morgan fingerprint density at radius 1 is 0.971 bits per heavy atom. The van der Waals surface area contributed by atoms with E-state index in [0.29, 0.717) is 37.1 Å². The van der Waals surface area contributed by atoms with E-state index in [1.54, 1.807) is 42.5 Å². The highest BCUT2D eigenvalue weighted by Crippen LogP contribution is 2.29. The summed E-state index contributed by atoms with van der Waals surface area (Å²) in [5, 5.41) is 23.4. The SMILES string of the molecule is CCCOc1cc(-c2ccc(OCCNC[C@@H](O)c3ccc(Cl)cc3)cc2)ccc1C(=O)O.Cl. The molecule has 3 aromatic carbocycles. The maximum absolute atomic E-state index is 11.4. The Morgan fingerprint density at radius 2 is 1.65 bits per heavy atom. The number of halogens is 2. The van der Waals surface area contributed by atoms with Crippen LogP contribution in [0.4, 0.5) is 0 Å². The molecular weight excluding hydrogens is 477 g/mol. The van der Waals surface area contributed by atoms with Crippen molar-refractivity contribution in [2.24, 2.45) is 0 Å². The predicted octanol–water partition coefficient (Wildman–Crippen LogP) is 5.62. The molecule has 0 bridgehead atoms. The molecule has 0 spiro atoms. The summed E-state index contributed by atoms with van der Waals surface area (Å²) in [5.74, 6) is 0.0862. The van der Waals surface area contributed by atoms with E-state index in [9.17, 15) is 15.0 Å². The fourth-order valence-electron chi connectivity index (χ4n) is 3.24. The van der Waals surface area contributed by atoms with Crippen LogP contribution in [0, 0.1) is 0 Å². The van der Waals surface area contributed by atoms with E-state index >= 15 is 0 Å². The van der Waals surface area contributed by atoms with Gasteiger partial charge in [0.25, 0.3) is 0 Å². The summed E-state index contributed by atoms with van der Waals surface area (Å²) in [7, 11) is 0. The fraction of sp³-hybridized carbons (Fsp3) is 0.269.